The van der Waals surface area contributed by atoms with Gasteiger partial charge in [-0.1, -0.05) is 39.5 Å². The summed E-state index contributed by atoms with van der Waals surface area (Å²) in [6.07, 6.45) is 14.7. The van der Waals surface area contributed by atoms with Gasteiger partial charge in [0.15, 0.2) is 0 Å². The van der Waals surface area contributed by atoms with E-state index in [0.29, 0.717) is 11.5 Å². The molecule has 2 heteroatoms. The molecular weight excluding hydrogens is 256 g/mol. The van der Waals surface area contributed by atoms with Crippen LogP contribution in [0.2, 0.25) is 0 Å². The van der Waals surface area contributed by atoms with Gasteiger partial charge in [-0.2, -0.15) is 0 Å². The van der Waals surface area contributed by atoms with Crippen LogP contribution in [0.4, 0.5) is 0 Å². The second kappa shape index (κ2) is 7.00. The zero-order valence-electron chi connectivity index (χ0n) is 14.4. The summed E-state index contributed by atoms with van der Waals surface area (Å²) in [7, 11) is 0. The second-order valence-corrected chi connectivity index (χ2v) is 8.55. The molecule has 122 valence electrons. The Labute approximate surface area is 132 Å². The third-order valence-corrected chi connectivity index (χ3v) is 5.84. The SMILES string of the molecule is CC(C)NCC1(CN(CC2CC2)C2CC2)CCCCCC1. The third-order valence-electron chi connectivity index (χ3n) is 5.84. The number of hydrogen-bond donors (Lipinski definition) is 1. The molecule has 3 aliphatic carbocycles. The zero-order valence-corrected chi connectivity index (χ0v) is 14.4. The number of rotatable bonds is 8. The van der Waals surface area contributed by atoms with Gasteiger partial charge in [0.05, 0.1) is 0 Å². The summed E-state index contributed by atoms with van der Waals surface area (Å²) in [5, 5.41) is 3.79. The minimum Gasteiger partial charge on any atom is -0.314 e. The van der Waals surface area contributed by atoms with E-state index in [9.17, 15) is 0 Å². The lowest BCUT2D eigenvalue weighted by Gasteiger charge is -2.39. The van der Waals surface area contributed by atoms with Gasteiger partial charge in [-0.15, -0.1) is 0 Å². The Hall–Kier alpha value is -0.0800. The standard InChI is InChI=1S/C19H36N2/c1-16(2)20-14-19(11-5-3-4-6-12-19)15-21(18-9-10-18)13-17-7-8-17/h16-18,20H,3-15H2,1-2H3. The first-order chi connectivity index (χ1) is 10.2. The molecule has 0 amide bonds. The number of nitrogens with one attached hydrogen (secondary N) is 1. The smallest absolute Gasteiger partial charge is 0.00967 e. The summed E-state index contributed by atoms with van der Waals surface area (Å²) in [6, 6.07) is 1.58. The summed E-state index contributed by atoms with van der Waals surface area (Å²) in [5.41, 5.74) is 0.568. The molecule has 3 fully saturated rings. The molecule has 0 aromatic carbocycles. The van der Waals surface area contributed by atoms with Gasteiger partial charge in [0.25, 0.3) is 0 Å². The zero-order chi connectivity index (χ0) is 14.7. The molecule has 0 unspecified atom stereocenters. The van der Waals surface area contributed by atoms with Crippen LogP contribution < -0.4 is 5.32 Å². The third kappa shape index (κ3) is 4.96. The van der Waals surface area contributed by atoms with Crippen LogP contribution in [0.1, 0.15) is 78.1 Å². The van der Waals surface area contributed by atoms with E-state index in [4.69, 9.17) is 0 Å². The van der Waals surface area contributed by atoms with E-state index < -0.39 is 0 Å². The number of nitrogens with zero attached hydrogens (tertiary/aromatic N) is 1. The Morgan fingerprint density at radius 1 is 1.00 bits per heavy atom. The molecule has 0 saturated heterocycles. The lowest BCUT2D eigenvalue weighted by Crippen LogP contribution is -2.46. The molecule has 0 aliphatic heterocycles. The molecular formula is C19H36N2. The van der Waals surface area contributed by atoms with Gasteiger partial charge < -0.3 is 5.32 Å². The lowest BCUT2D eigenvalue weighted by atomic mass is 9.79. The molecule has 3 saturated carbocycles. The molecule has 0 bridgehead atoms. The van der Waals surface area contributed by atoms with E-state index >= 15 is 0 Å². The van der Waals surface area contributed by atoms with Crippen LogP contribution in [0.3, 0.4) is 0 Å². The Balaban J connectivity index is 1.63. The molecule has 2 nitrogen and oxygen atoms in total. The van der Waals surface area contributed by atoms with Crippen molar-refractivity contribution in [2.24, 2.45) is 11.3 Å². The first-order valence-electron chi connectivity index (χ1n) is 9.64. The van der Waals surface area contributed by atoms with Crippen LogP contribution in [-0.4, -0.2) is 36.6 Å². The lowest BCUT2D eigenvalue weighted by molar-refractivity contribution is 0.114. The summed E-state index contributed by atoms with van der Waals surface area (Å²) in [6.45, 7) is 8.64. The van der Waals surface area contributed by atoms with Gasteiger partial charge in [0.1, 0.15) is 0 Å². The molecule has 0 heterocycles. The molecule has 3 aliphatic rings. The summed E-state index contributed by atoms with van der Waals surface area (Å²) < 4.78 is 0. The largest absolute Gasteiger partial charge is 0.314 e. The van der Waals surface area contributed by atoms with Crippen molar-refractivity contribution in [3.8, 4) is 0 Å². The minimum absolute atomic E-state index is 0.568. The van der Waals surface area contributed by atoms with E-state index in [1.165, 1.54) is 83.8 Å². The van der Waals surface area contributed by atoms with Gasteiger partial charge in [-0.05, 0) is 49.9 Å². The monoisotopic (exact) mass is 292 g/mol. The molecule has 21 heavy (non-hydrogen) atoms. The quantitative estimate of drug-likeness (QED) is 0.675. The highest BCUT2D eigenvalue weighted by molar-refractivity contribution is 4.94. The fraction of sp³-hybridized carbons (Fsp3) is 1.00. The minimum atomic E-state index is 0.568. The highest BCUT2D eigenvalue weighted by Gasteiger charge is 2.39. The molecule has 0 spiro atoms. The maximum atomic E-state index is 3.79. The highest BCUT2D eigenvalue weighted by atomic mass is 15.2. The van der Waals surface area contributed by atoms with Gasteiger partial charge in [0.2, 0.25) is 0 Å². The average molecular weight is 293 g/mol. The van der Waals surface area contributed by atoms with Crippen molar-refractivity contribution in [1.82, 2.24) is 10.2 Å². The van der Waals surface area contributed by atoms with E-state index in [1.54, 1.807) is 0 Å². The molecule has 0 aromatic heterocycles. The Morgan fingerprint density at radius 2 is 1.67 bits per heavy atom. The maximum Gasteiger partial charge on any atom is 0.00967 e. The van der Waals surface area contributed by atoms with Gasteiger partial charge in [-0.25, -0.2) is 0 Å². The second-order valence-electron chi connectivity index (χ2n) is 8.55. The van der Waals surface area contributed by atoms with Crippen molar-refractivity contribution in [3.05, 3.63) is 0 Å². The molecule has 3 rings (SSSR count). The molecule has 0 atom stereocenters. The van der Waals surface area contributed by atoms with E-state index in [0.717, 1.165) is 12.0 Å². The average Bonchev–Trinajstić information content (AvgIpc) is 3.29. The predicted molar refractivity (Wildman–Crippen MR) is 90.6 cm³/mol. The predicted octanol–water partition coefficient (Wildman–Crippen LogP) is 4.20. The van der Waals surface area contributed by atoms with Crippen molar-refractivity contribution in [1.29, 1.82) is 0 Å². The highest BCUT2D eigenvalue weighted by Crippen LogP contribution is 2.40. The van der Waals surface area contributed by atoms with Crippen LogP contribution in [0.15, 0.2) is 0 Å². The van der Waals surface area contributed by atoms with Gasteiger partial charge in [-0.3, -0.25) is 4.90 Å². The van der Waals surface area contributed by atoms with Crippen LogP contribution in [0.5, 0.6) is 0 Å². The topological polar surface area (TPSA) is 15.3 Å². The van der Waals surface area contributed by atoms with Gasteiger partial charge in [0, 0.05) is 31.7 Å². The van der Waals surface area contributed by atoms with E-state index in [-0.39, 0.29) is 0 Å². The van der Waals surface area contributed by atoms with Crippen molar-refractivity contribution in [3.63, 3.8) is 0 Å². The van der Waals surface area contributed by atoms with Crippen molar-refractivity contribution < 1.29 is 0 Å². The van der Waals surface area contributed by atoms with E-state index in [1.807, 2.05) is 0 Å². The fourth-order valence-corrected chi connectivity index (χ4v) is 4.14. The maximum absolute atomic E-state index is 3.79. The Bertz CT molecular complexity index is 310. The Morgan fingerprint density at radius 3 is 2.19 bits per heavy atom. The van der Waals surface area contributed by atoms with Gasteiger partial charge >= 0.3 is 0 Å². The van der Waals surface area contributed by atoms with Crippen molar-refractivity contribution >= 4 is 0 Å². The van der Waals surface area contributed by atoms with Crippen molar-refractivity contribution in [2.75, 3.05) is 19.6 Å². The summed E-state index contributed by atoms with van der Waals surface area (Å²) in [4.78, 5) is 2.91. The molecule has 0 radical (unpaired) electrons. The fourth-order valence-electron chi connectivity index (χ4n) is 4.14. The van der Waals surface area contributed by atoms with Crippen molar-refractivity contribution in [2.45, 2.75) is 90.1 Å². The summed E-state index contributed by atoms with van der Waals surface area (Å²) in [5.74, 6) is 1.05. The molecule has 0 aromatic rings. The van der Waals surface area contributed by atoms with E-state index in [2.05, 4.69) is 24.1 Å². The first kappa shape index (κ1) is 15.8. The summed E-state index contributed by atoms with van der Waals surface area (Å²) >= 11 is 0. The molecule has 1 N–H and O–H groups in total. The van der Waals surface area contributed by atoms with Crippen LogP contribution in [0, 0.1) is 11.3 Å². The van der Waals surface area contributed by atoms with Crippen LogP contribution in [0.25, 0.3) is 0 Å². The number of hydrogen-bond acceptors (Lipinski definition) is 2. The first-order valence-corrected chi connectivity index (χ1v) is 9.64. The Kier molecular flexibility index (Phi) is 5.27. The normalized spacial score (nSPS) is 26.3. The van der Waals surface area contributed by atoms with Crippen LogP contribution in [-0.2, 0) is 0 Å². The van der Waals surface area contributed by atoms with Crippen LogP contribution >= 0.6 is 0 Å².